The van der Waals surface area contributed by atoms with Gasteiger partial charge < -0.3 is 14.5 Å². The van der Waals surface area contributed by atoms with Crippen molar-refractivity contribution >= 4 is 22.7 Å². The second kappa shape index (κ2) is 8.74. The summed E-state index contributed by atoms with van der Waals surface area (Å²) in [5, 5.41) is 0. The van der Waals surface area contributed by atoms with Gasteiger partial charge in [-0.15, -0.1) is 0 Å². The second-order valence-corrected chi connectivity index (χ2v) is 12.9. The lowest BCUT2D eigenvalue weighted by Gasteiger charge is -2.62. The van der Waals surface area contributed by atoms with Gasteiger partial charge in [0.2, 0.25) is 0 Å². The molecule has 0 saturated heterocycles. The third-order valence-corrected chi connectivity index (χ3v) is 11.1. The third-order valence-electron chi connectivity index (χ3n) is 11.1. The van der Waals surface area contributed by atoms with Crippen LogP contribution < -0.4 is 9.80 Å². The molecule has 3 aliphatic heterocycles. The summed E-state index contributed by atoms with van der Waals surface area (Å²) in [7, 11) is 4.45. The van der Waals surface area contributed by atoms with E-state index in [9.17, 15) is 0 Å². The van der Waals surface area contributed by atoms with Gasteiger partial charge in [0.1, 0.15) is 0 Å². The summed E-state index contributed by atoms with van der Waals surface area (Å²) in [6, 6.07) is 50.5. The predicted octanol–water partition coefficient (Wildman–Crippen LogP) is 9.23. The van der Waals surface area contributed by atoms with Gasteiger partial charge in [-0.2, -0.15) is 0 Å². The lowest BCUT2D eigenvalue weighted by molar-refractivity contribution is 0.110. The van der Waals surface area contributed by atoms with Crippen molar-refractivity contribution < 1.29 is 4.74 Å². The Balaban J connectivity index is 1.56. The third kappa shape index (κ3) is 2.78. The number of rotatable bonds is 0. The molecule has 1 aliphatic carbocycles. The van der Waals surface area contributed by atoms with E-state index in [1.165, 1.54) is 78.4 Å². The number of fused-ring (bicyclic) bond motifs is 11. The molecular weight excluding hydrogens is 548 g/mol. The van der Waals surface area contributed by atoms with Crippen molar-refractivity contribution in [2.75, 3.05) is 23.9 Å². The number of benzene rings is 6. The van der Waals surface area contributed by atoms with Crippen LogP contribution in [0.5, 0.6) is 0 Å². The topological polar surface area (TPSA) is 15.7 Å². The molecule has 216 valence electrons. The molecule has 6 aromatic carbocycles. The first-order valence-electron chi connectivity index (χ1n) is 15.9. The summed E-state index contributed by atoms with van der Waals surface area (Å²) < 4.78 is 6.43. The molecule has 0 unspecified atom stereocenters. The number of hydrogen-bond acceptors (Lipinski definition) is 3. The number of ether oxygens (including phenoxy) is 1. The van der Waals surface area contributed by atoms with Crippen molar-refractivity contribution in [1.29, 1.82) is 0 Å². The van der Waals surface area contributed by atoms with Crippen LogP contribution in [0.1, 0.15) is 44.5 Å². The lowest BCUT2D eigenvalue weighted by Crippen LogP contribution is -2.58. The van der Waals surface area contributed by atoms with E-state index in [1.807, 2.05) is 0 Å². The van der Waals surface area contributed by atoms with E-state index in [0.29, 0.717) is 13.2 Å². The molecule has 0 saturated carbocycles. The minimum absolute atomic E-state index is 0.596. The summed E-state index contributed by atoms with van der Waals surface area (Å²) in [4.78, 5) is 4.79. The quantitative estimate of drug-likeness (QED) is 0.178. The summed E-state index contributed by atoms with van der Waals surface area (Å²) in [5.41, 5.74) is 17.0. The fraction of sp³-hybridized carbons (Fsp3) is 0.143. The Labute approximate surface area is 264 Å². The summed E-state index contributed by atoms with van der Waals surface area (Å²) in [5.74, 6) is 0. The SMILES string of the molecule is CN1c2ccccc2C2(c3ccccc31)c1cccc3c1-c1c(cccc1C21c2ccccc2N(C)c2ccccc21)COC3. The van der Waals surface area contributed by atoms with Gasteiger partial charge in [0.05, 0.1) is 24.0 Å². The zero-order valence-corrected chi connectivity index (χ0v) is 25.4. The molecule has 0 fully saturated rings. The highest BCUT2D eigenvalue weighted by Gasteiger charge is 2.66. The molecule has 6 aromatic rings. The van der Waals surface area contributed by atoms with Gasteiger partial charge in [-0.1, -0.05) is 109 Å². The van der Waals surface area contributed by atoms with E-state index < -0.39 is 10.8 Å². The van der Waals surface area contributed by atoms with Gasteiger partial charge in [-0.25, -0.2) is 0 Å². The molecule has 2 spiro atoms. The fourth-order valence-corrected chi connectivity index (χ4v) is 9.60. The van der Waals surface area contributed by atoms with Crippen molar-refractivity contribution in [1.82, 2.24) is 0 Å². The fourth-order valence-electron chi connectivity index (χ4n) is 9.60. The van der Waals surface area contributed by atoms with Crippen LogP contribution in [0.15, 0.2) is 133 Å². The van der Waals surface area contributed by atoms with Crippen LogP contribution in [0, 0.1) is 0 Å². The maximum absolute atomic E-state index is 6.43. The number of nitrogens with zero attached hydrogens (tertiary/aromatic N) is 2. The molecule has 0 amide bonds. The van der Waals surface area contributed by atoms with Gasteiger partial charge in [-0.05, 0) is 79.9 Å². The largest absolute Gasteiger partial charge is 0.372 e. The highest BCUT2D eigenvalue weighted by Crippen LogP contribution is 2.72. The molecule has 0 bridgehead atoms. The Morgan fingerprint density at radius 3 is 1.07 bits per heavy atom. The Bertz CT molecular complexity index is 1960. The lowest BCUT2D eigenvalue weighted by atomic mass is 9.41. The van der Waals surface area contributed by atoms with Crippen molar-refractivity contribution in [3.05, 3.63) is 178 Å². The second-order valence-electron chi connectivity index (χ2n) is 12.9. The minimum Gasteiger partial charge on any atom is -0.372 e. The van der Waals surface area contributed by atoms with Crippen molar-refractivity contribution in [3.8, 4) is 11.1 Å². The molecule has 45 heavy (non-hydrogen) atoms. The van der Waals surface area contributed by atoms with Gasteiger partial charge in [0, 0.05) is 36.8 Å². The van der Waals surface area contributed by atoms with Crippen LogP contribution in [-0.4, -0.2) is 14.1 Å². The van der Waals surface area contributed by atoms with E-state index in [4.69, 9.17) is 4.74 Å². The van der Waals surface area contributed by atoms with Crippen LogP contribution in [0.25, 0.3) is 11.1 Å². The summed E-state index contributed by atoms with van der Waals surface area (Å²) >= 11 is 0. The zero-order valence-electron chi connectivity index (χ0n) is 25.4. The number of anilines is 4. The maximum Gasteiger partial charge on any atom is 0.0727 e. The molecule has 3 nitrogen and oxygen atoms in total. The predicted molar refractivity (Wildman–Crippen MR) is 182 cm³/mol. The first-order chi connectivity index (χ1) is 22.2. The molecule has 0 N–H and O–H groups in total. The average Bonchev–Trinajstić information content (AvgIpc) is 3.30. The van der Waals surface area contributed by atoms with E-state index >= 15 is 0 Å². The summed E-state index contributed by atoms with van der Waals surface area (Å²) in [6.07, 6.45) is 0. The van der Waals surface area contributed by atoms with Crippen LogP contribution in [0.3, 0.4) is 0 Å². The maximum atomic E-state index is 6.43. The van der Waals surface area contributed by atoms with Crippen LogP contribution in [-0.2, 0) is 28.8 Å². The van der Waals surface area contributed by atoms with Gasteiger partial charge in [0.15, 0.2) is 0 Å². The van der Waals surface area contributed by atoms with Crippen molar-refractivity contribution in [2.24, 2.45) is 0 Å². The monoisotopic (exact) mass is 580 g/mol. The summed E-state index contributed by atoms with van der Waals surface area (Å²) in [6.45, 7) is 1.19. The molecule has 10 rings (SSSR count). The van der Waals surface area contributed by atoms with Crippen molar-refractivity contribution in [3.63, 3.8) is 0 Å². The first kappa shape index (κ1) is 25.2. The van der Waals surface area contributed by atoms with Crippen LogP contribution in [0.2, 0.25) is 0 Å². The van der Waals surface area contributed by atoms with E-state index in [1.54, 1.807) is 0 Å². The van der Waals surface area contributed by atoms with E-state index in [0.717, 1.165) is 0 Å². The first-order valence-corrected chi connectivity index (χ1v) is 15.9. The highest BCUT2D eigenvalue weighted by atomic mass is 16.5. The Kier molecular flexibility index (Phi) is 4.90. The Morgan fingerprint density at radius 2 is 0.711 bits per heavy atom. The van der Waals surface area contributed by atoms with Crippen LogP contribution in [0.4, 0.5) is 22.7 Å². The van der Waals surface area contributed by atoms with E-state index in [2.05, 4.69) is 157 Å². The van der Waals surface area contributed by atoms with Crippen molar-refractivity contribution in [2.45, 2.75) is 24.0 Å². The van der Waals surface area contributed by atoms with Gasteiger partial charge >= 0.3 is 0 Å². The molecule has 3 heterocycles. The highest BCUT2D eigenvalue weighted by molar-refractivity contribution is 5.97. The Hall–Kier alpha value is -5.12. The Morgan fingerprint density at radius 1 is 0.400 bits per heavy atom. The van der Waals surface area contributed by atoms with Gasteiger partial charge in [-0.3, -0.25) is 0 Å². The smallest absolute Gasteiger partial charge is 0.0727 e. The average molecular weight is 581 g/mol. The zero-order chi connectivity index (χ0) is 29.9. The van der Waals surface area contributed by atoms with E-state index in [-0.39, 0.29) is 0 Å². The van der Waals surface area contributed by atoms with Crippen LogP contribution >= 0.6 is 0 Å². The molecule has 0 atom stereocenters. The normalized spacial score (nSPS) is 17.1. The number of hydrogen-bond donors (Lipinski definition) is 0. The molecular formula is C42H32N2O. The van der Waals surface area contributed by atoms with Gasteiger partial charge in [0.25, 0.3) is 0 Å². The molecule has 3 heteroatoms. The standard InChI is InChI=1S/C42H32N2O/c1-43-35-21-7-3-15-29(35)41(30-16-4-8-22-36(30)43)33-19-11-13-27-25-45-26-28-14-12-20-34(40(28)39(27)33)42(41)31-17-5-9-23-37(31)44(2)38-24-10-6-18-32(38)42/h3-24H,25-26H2,1-2H3. The molecule has 4 aliphatic rings. The molecule has 0 radical (unpaired) electrons. The number of para-hydroxylation sites is 4. The molecule has 0 aromatic heterocycles. The minimum atomic E-state index is -0.596.